The molecule has 0 bridgehead atoms. The minimum atomic E-state index is -0.330. The Morgan fingerprint density at radius 3 is 2.25 bits per heavy atom. The summed E-state index contributed by atoms with van der Waals surface area (Å²) in [5.41, 5.74) is 1.44. The molecule has 170 valence electrons. The number of carbonyl (C=O) groups is 2. The zero-order chi connectivity index (χ0) is 22.7. The lowest BCUT2D eigenvalue weighted by Crippen LogP contribution is -2.37. The highest BCUT2D eigenvalue weighted by Crippen LogP contribution is 2.41. The van der Waals surface area contributed by atoms with E-state index in [1.54, 1.807) is 44.4 Å². The fourth-order valence-electron chi connectivity index (χ4n) is 4.77. The van der Waals surface area contributed by atoms with E-state index in [1.165, 1.54) is 0 Å². The van der Waals surface area contributed by atoms with Gasteiger partial charge < -0.3 is 24.0 Å². The van der Waals surface area contributed by atoms with E-state index in [0.29, 0.717) is 35.9 Å². The second-order valence-corrected chi connectivity index (χ2v) is 8.30. The van der Waals surface area contributed by atoms with Gasteiger partial charge in [0.2, 0.25) is 5.91 Å². The van der Waals surface area contributed by atoms with Gasteiger partial charge in [-0.05, 0) is 49.2 Å². The Hall–Kier alpha value is -3.22. The van der Waals surface area contributed by atoms with Crippen LogP contribution in [0.15, 0.2) is 42.5 Å². The number of rotatable bonds is 6. The molecule has 0 spiro atoms. The number of hydrogen-bond donors (Lipinski definition) is 0. The Labute approximate surface area is 188 Å². The average Bonchev–Trinajstić information content (AvgIpc) is 3.53. The summed E-state index contributed by atoms with van der Waals surface area (Å²) in [6.45, 7) is 2.36. The third-order valence-electron chi connectivity index (χ3n) is 6.50. The monoisotopic (exact) mass is 438 g/mol. The van der Waals surface area contributed by atoms with Crippen LogP contribution in [0.3, 0.4) is 0 Å². The van der Waals surface area contributed by atoms with Crippen molar-refractivity contribution in [3.63, 3.8) is 0 Å². The molecule has 0 N–H and O–H groups in total. The first-order valence-corrected chi connectivity index (χ1v) is 11.0. The predicted octanol–water partition coefficient (Wildman–Crippen LogP) is 3.19. The van der Waals surface area contributed by atoms with Gasteiger partial charge in [0.25, 0.3) is 5.91 Å². The lowest BCUT2D eigenvalue weighted by molar-refractivity contribution is -0.134. The van der Waals surface area contributed by atoms with Gasteiger partial charge in [0, 0.05) is 43.2 Å². The van der Waals surface area contributed by atoms with Crippen LogP contribution < -0.4 is 14.2 Å². The average molecular weight is 439 g/mol. The van der Waals surface area contributed by atoms with Crippen molar-refractivity contribution in [3.8, 4) is 17.2 Å². The molecule has 2 saturated heterocycles. The molecular weight excluding hydrogens is 408 g/mol. The van der Waals surface area contributed by atoms with Crippen LogP contribution in [0.5, 0.6) is 17.2 Å². The minimum absolute atomic E-state index is 0.104. The van der Waals surface area contributed by atoms with E-state index in [9.17, 15) is 9.59 Å². The fourth-order valence-corrected chi connectivity index (χ4v) is 4.77. The molecular formula is C25H30N2O5. The van der Waals surface area contributed by atoms with Gasteiger partial charge in [-0.25, -0.2) is 0 Å². The Morgan fingerprint density at radius 2 is 1.56 bits per heavy atom. The standard InChI is InChI=1S/C25H30N2O5/c1-30-18-8-6-7-17(13-18)24(28)27-15-21(20-14-19(31-2)9-10-23(20)32-3)22(16-27)25(29)26-11-4-5-12-26/h6-10,13-14,21-22H,4-5,11-12,15-16H2,1-3H3/t21-,22+/m1/s1. The van der Waals surface area contributed by atoms with E-state index in [4.69, 9.17) is 14.2 Å². The van der Waals surface area contributed by atoms with Crippen LogP contribution in [0.25, 0.3) is 0 Å². The minimum Gasteiger partial charge on any atom is -0.497 e. The number of ether oxygens (including phenoxy) is 3. The Morgan fingerprint density at radius 1 is 0.844 bits per heavy atom. The molecule has 2 aliphatic rings. The second kappa shape index (κ2) is 9.51. The molecule has 0 radical (unpaired) electrons. The molecule has 0 unspecified atom stereocenters. The van der Waals surface area contributed by atoms with Crippen LogP contribution in [0.4, 0.5) is 0 Å². The third kappa shape index (κ3) is 4.24. The number of likely N-dealkylation sites (tertiary alicyclic amines) is 2. The third-order valence-corrected chi connectivity index (χ3v) is 6.50. The summed E-state index contributed by atoms with van der Waals surface area (Å²) in [4.78, 5) is 30.5. The van der Waals surface area contributed by atoms with Crippen LogP contribution >= 0.6 is 0 Å². The normalized spacial score (nSPS) is 20.3. The maximum absolute atomic E-state index is 13.5. The summed E-state index contributed by atoms with van der Waals surface area (Å²) in [5.74, 6) is 1.53. The number of carbonyl (C=O) groups excluding carboxylic acids is 2. The lowest BCUT2D eigenvalue weighted by Gasteiger charge is -2.25. The molecule has 2 aromatic rings. The highest BCUT2D eigenvalue weighted by molar-refractivity contribution is 5.95. The lowest BCUT2D eigenvalue weighted by atomic mass is 9.87. The molecule has 32 heavy (non-hydrogen) atoms. The fraction of sp³-hybridized carbons (Fsp3) is 0.440. The van der Waals surface area contributed by atoms with Crippen LogP contribution in [-0.4, -0.2) is 69.1 Å². The number of amides is 2. The van der Waals surface area contributed by atoms with E-state index < -0.39 is 0 Å². The van der Waals surface area contributed by atoms with Crippen molar-refractivity contribution in [3.05, 3.63) is 53.6 Å². The molecule has 0 saturated carbocycles. The van der Waals surface area contributed by atoms with Crippen molar-refractivity contribution in [1.29, 1.82) is 0 Å². The van der Waals surface area contributed by atoms with Crippen molar-refractivity contribution in [2.45, 2.75) is 18.8 Å². The molecule has 2 aliphatic heterocycles. The van der Waals surface area contributed by atoms with E-state index in [2.05, 4.69) is 0 Å². The summed E-state index contributed by atoms with van der Waals surface area (Å²) in [7, 11) is 4.82. The molecule has 7 heteroatoms. The van der Waals surface area contributed by atoms with Crippen LogP contribution in [0, 0.1) is 5.92 Å². The van der Waals surface area contributed by atoms with Crippen molar-refractivity contribution in [2.75, 3.05) is 47.5 Å². The molecule has 0 aromatic heterocycles. The predicted molar refractivity (Wildman–Crippen MR) is 120 cm³/mol. The van der Waals surface area contributed by atoms with Crippen molar-refractivity contribution in [1.82, 2.24) is 9.80 Å². The summed E-state index contributed by atoms with van der Waals surface area (Å²) >= 11 is 0. The van der Waals surface area contributed by atoms with Gasteiger partial charge in [0.05, 0.1) is 27.2 Å². The first-order valence-electron chi connectivity index (χ1n) is 11.0. The van der Waals surface area contributed by atoms with Gasteiger partial charge in [-0.3, -0.25) is 9.59 Å². The van der Waals surface area contributed by atoms with E-state index in [-0.39, 0.29) is 23.7 Å². The molecule has 4 rings (SSSR count). The number of methoxy groups -OCH3 is 3. The van der Waals surface area contributed by atoms with Gasteiger partial charge in [-0.1, -0.05) is 6.07 Å². The zero-order valence-corrected chi connectivity index (χ0v) is 18.9. The van der Waals surface area contributed by atoms with Crippen LogP contribution in [0.2, 0.25) is 0 Å². The van der Waals surface area contributed by atoms with E-state index >= 15 is 0 Å². The molecule has 2 fully saturated rings. The van der Waals surface area contributed by atoms with Gasteiger partial charge >= 0.3 is 0 Å². The smallest absolute Gasteiger partial charge is 0.254 e. The largest absolute Gasteiger partial charge is 0.497 e. The molecule has 2 amide bonds. The van der Waals surface area contributed by atoms with Crippen LogP contribution in [0.1, 0.15) is 34.7 Å². The van der Waals surface area contributed by atoms with Crippen molar-refractivity contribution < 1.29 is 23.8 Å². The van der Waals surface area contributed by atoms with Gasteiger partial charge in [-0.2, -0.15) is 0 Å². The van der Waals surface area contributed by atoms with Gasteiger partial charge in [-0.15, -0.1) is 0 Å². The quantitative estimate of drug-likeness (QED) is 0.693. The number of benzene rings is 2. The summed E-state index contributed by atoms with van der Waals surface area (Å²) in [5, 5.41) is 0. The summed E-state index contributed by atoms with van der Waals surface area (Å²) in [6.07, 6.45) is 2.05. The second-order valence-electron chi connectivity index (χ2n) is 8.30. The van der Waals surface area contributed by atoms with Gasteiger partial charge in [0.1, 0.15) is 17.2 Å². The van der Waals surface area contributed by atoms with Gasteiger partial charge in [0.15, 0.2) is 0 Å². The number of nitrogens with zero attached hydrogens (tertiary/aromatic N) is 2. The van der Waals surface area contributed by atoms with Crippen LogP contribution in [-0.2, 0) is 4.79 Å². The SMILES string of the molecule is COc1cccc(C(=O)N2C[C@H](C(=O)N3CCCC3)[C@@H](c3cc(OC)ccc3OC)C2)c1. The Bertz CT molecular complexity index is 986. The molecule has 7 nitrogen and oxygen atoms in total. The summed E-state index contributed by atoms with van der Waals surface area (Å²) in [6, 6.07) is 12.8. The first-order chi connectivity index (χ1) is 15.5. The first kappa shape index (κ1) is 22.0. The maximum atomic E-state index is 13.5. The summed E-state index contributed by atoms with van der Waals surface area (Å²) < 4.78 is 16.3. The molecule has 0 aliphatic carbocycles. The highest BCUT2D eigenvalue weighted by Gasteiger charge is 2.43. The van der Waals surface area contributed by atoms with E-state index in [0.717, 1.165) is 31.5 Å². The molecule has 2 heterocycles. The van der Waals surface area contributed by atoms with Crippen molar-refractivity contribution >= 4 is 11.8 Å². The Kier molecular flexibility index (Phi) is 6.53. The van der Waals surface area contributed by atoms with Crippen molar-refractivity contribution in [2.24, 2.45) is 5.92 Å². The maximum Gasteiger partial charge on any atom is 0.254 e. The zero-order valence-electron chi connectivity index (χ0n) is 18.9. The molecule has 2 atom stereocenters. The molecule has 2 aromatic carbocycles. The topological polar surface area (TPSA) is 68.3 Å². The Balaban J connectivity index is 1.68. The highest BCUT2D eigenvalue weighted by atomic mass is 16.5. The van der Waals surface area contributed by atoms with E-state index in [1.807, 2.05) is 29.2 Å². The number of hydrogen-bond acceptors (Lipinski definition) is 5.